The Bertz CT molecular complexity index is 310. The fraction of sp³-hybridized carbons (Fsp3) is 0.750. The molecule has 97 valence electrons. The number of hydrogen-bond acceptors (Lipinski definition) is 9. The van der Waals surface area contributed by atoms with E-state index < -0.39 is 40.3 Å². The molecule has 0 fully saturated rings. The number of rotatable bonds is 6. The van der Waals surface area contributed by atoms with E-state index in [1.54, 1.807) is 0 Å². The molecule has 0 aliphatic carbocycles. The smallest absolute Gasteiger partial charge is 0.810 e. The monoisotopic (exact) mass is 434 g/mol. The standard InChI is InChI=1S/C4H11NO8P2.Co.3K/c6-4(7)1-5(2-14(8,9)10)3-15(11,12)13;;;;/h1-3H2,(H,6,7)(H2,8,9,10)(H2,11,12,13);;;;/q;+2;3*+1/p-5. The van der Waals surface area contributed by atoms with Crippen molar-refractivity contribution < 1.29 is 210 Å². The Kier molecular flexibility index (Phi) is 30.8. The SMILES string of the molecule is O=C([O-])CN(CP(=O)([O-])[O-])CP(=O)([O-])[O-].[Co+2].[K+].[K+].[K+]. The number of aliphatic carboxylic acids is 1. The minimum Gasteiger partial charge on any atom is -0.810 e. The molecule has 1 radical (unpaired) electrons. The minimum atomic E-state index is -5.13. The Labute approximate surface area is 248 Å². The molecule has 19 heavy (non-hydrogen) atoms. The molecule has 15 heteroatoms. The maximum absolute atomic E-state index is 10.2. The third kappa shape index (κ3) is 28.2. The van der Waals surface area contributed by atoms with Gasteiger partial charge in [0.1, 0.15) is 0 Å². The van der Waals surface area contributed by atoms with Gasteiger partial charge in [-0.05, 0) is 0 Å². The van der Waals surface area contributed by atoms with E-state index in [9.17, 15) is 38.6 Å². The van der Waals surface area contributed by atoms with Gasteiger partial charge in [-0.2, -0.15) is 0 Å². The summed E-state index contributed by atoms with van der Waals surface area (Å²) < 4.78 is 20.5. The van der Waals surface area contributed by atoms with Crippen LogP contribution in [-0.2, 0) is 30.7 Å². The molecule has 0 aromatic carbocycles. The van der Waals surface area contributed by atoms with E-state index in [0.29, 0.717) is 0 Å². The first-order valence-electron chi connectivity index (χ1n) is 3.44. The van der Waals surface area contributed by atoms with Crippen LogP contribution < -0.4 is 179 Å². The number of carbonyl (C=O) groups excluding carboxylic acids is 1. The molecule has 0 unspecified atom stereocenters. The Morgan fingerprint density at radius 2 is 1.16 bits per heavy atom. The van der Waals surface area contributed by atoms with Crippen LogP contribution in [0.5, 0.6) is 0 Å². The number of hydrogen-bond donors (Lipinski definition) is 0. The van der Waals surface area contributed by atoms with Crippen molar-refractivity contribution in [3.8, 4) is 0 Å². The van der Waals surface area contributed by atoms with Crippen LogP contribution in [-0.4, -0.2) is 30.0 Å². The number of carbonyl (C=O) groups is 1. The van der Waals surface area contributed by atoms with Crippen LogP contribution in [0.2, 0.25) is 0 Å². The van der Waals surface area contributed by atoms with E-state index in [4.69, 9.17) is 0 Å². The molecule has 0 saturated heterocycles. The van der Waals surface area contributed by atoms with Crippen molar-refractivity contribution in [2.45, 2.75) is 0 Å². The zero-order valence-electron chi connectivity index (χ0n) is 10.6. The van der Waals surface area contributed by atoms with Crippen molar-refractivity contribution in [2.75, 3.05) is 19.1 Å². The van der Waals surface area contributed by atoms with Crippen LogP contribution in [0.25, 0.3) is 0 Å². The zero-order valence-corrected chi connectivity index (χ0v) is 22.8. The van der Waals surface area contributed by atoms with Crippen LogP contribution in [0.4, 0.5) is 0 Å². The van der Waals surface area contributed by atoms with E-state index in [1.807, 2.05) is 0 Å². The summed E-state index contributed by atoms with van der Waals surface area (Å²) in [6, 6.07) is 0. The van der Waals surface area contributed by atoms with E-state index in [-0.39, 0.29) is 176 Å². The summed E-state index contributed by atoms with van der Waals surface area (Å²) in [7, 11) is -10.3. The van der Waals surface area contributed by atoms with Gasteiger partial charge in [0.05, 0.1) is 5.97 Å². The van der Waals surface area contributed by atoms with Gasteiger partial charge in [-0.1, -0.05) is 15.2 Å². The Morgan fingerprint density at radius 1 is 0.895 bits per heavy atom. The Hall–Kier alpha value is 5.15. The van der Waals surface area contributed by atoms with Gasteiger partial charge >= 0.3 is 171 Å². The molecule has 0 heterocycles. The zero-order chi connectivity index (χ0) is 12.3. The number of carboxylic acid groups (broad SMARTS) is 1. The van der Waals surface area contributed by atoms with Gasteiger partial charge in [0.25, 0.3) is 0 Å². The summed E-state index contributed by atoms with van der Waals surface area (Å²) >= 11 is 0. The molecular formula is C4H6CoK3NO8P2. The largest absolute Gasteiger partial charge is 2.00 e. The maximum atomic E-state index is 10.2. The molecule has 0 aromatic heterocycles. The average molecular weight is 434 g/mol. The van der Waals surface area contributed by atoms with Gasteiger partial charge in [-0.3, -0.25) is 4.90 Å². The van der Waals surface area contributed by atoms with Crippen molar-refractivity contribution in [2.24, 2.45) is 0 Å². The van der Waals surface area contributed by atoms with Crippen LogP contribution in [0.1, 0.15) is 0 Å². The van der Waals surface area contributed by atoms with Gasteiger partial charge in [0.2, 0.25) is 0 Å². The normalized spacial score (nSPS) is 10.4. The summed E-state index contributed by atoms with van der Waals surface area (Å²) in [6.07, 6.45) is -2.70. The van der Waals surface area contributed by atoms with E-state index in [0.717, 1.165) is 0 Å². The third-order valence-corrected chi connectivity index (χ3v) is 2.59. The summed E-state index contributed by atoms with van der Waals surface area (Å²) in [5, 5.41) is 10.0. The summed E-state index contributed by atoms with van der Waals surface area (Å²) in [6.45, 7) is -1.12. The van der Waals surface area contributed by atoms with E-state index in [2.05, 4.69) is 0 Å². The topological polar surface area (TPSA) is 170 Å². The first kappa shape index (κ1) is 35.3. The van der Waals surface area contributed by atoms with E-state index in [1.165, 1.54) is 0 Å². The third-order valence-electron chi connectivity index (χ3n) is 1.10. The molecule has 0 aliphatic rings. The Balaban J connectivity index is -0.000000163. The molecule has 0 saturated carbocycles. The fourth-order valence-corrected chi connectivity index (χ4v) is 2.35. The van der Waals surface area contributed by atoms with Gasteiger partial charge in [-0.25, -0.2) is 0 Å². The quantitative estimate of drug-likeness (QED) is 0.291. The number of carboxylic acids is 1. The molecular weight excluding hydrogens is 428 g/mol. The first-order chi connectivity index (χ1) is 6.49. The van der Waals surface area contributed by atoms with Gasteiger partial charge < -0.3 is 38.6 Å². The summed E-state index contributed by atoms with van der Waals surface area (Å²) in [4.78, 5) is 51.1. The van der Waals surface area contributed by atoms with Crippen molar-refractivity contribution in [1.29, 1.82) is 0 Å². The van der Waals surface area contributed by atoms with Gasteiger partial charge in [0, 0.05) is 19.1 Å². The van der Waals surface area contributed by atoms with Crippen molar-refractivity contribution in [3.05, 3.63) is 0 Å². The van der Waals surface area contributed by atoms with Crippen LogP contribution >= 0.6 is 15.2 Å². The predicted octanol–water partition coefficient (Wildman–Crippen LogP) is -14.2. The molecule has 0 aromatic rings. The molecule has 0 bridgehead atoms. The molecule has 0 atom stereocenters. The second-order valence-electron chi connectivity index (χ2n) is 2.71. The second kappa shape index (κ2) is 16.6. The van der Waals surface area contributed by atoms with E-state index >= 15 is 0 Å². The predicted molar refractivity (Wildman–Crippen MR) is 36.7 cm³/mol. The van der Waals surface area contributed by atoms with Crippen LogP contribution in [0.15, 0.2) is 0 Å². The maximum Gasteiger partial charge on any atom is 2.00 e. The average Bonchev–Trinajstić information content (AvgIpc) is 1.73. The Morgan fingerprint density at radius 3 is 1.32 bits per heavy atom. The molecule has 0 spiro atoms. The summed E-state index contributed by atoms with van der Waals surface area (Å²) in [5.41, 5.74) is 0. The first-order valence-corrected chi connectivity index (χ1v) is 6.89. The van der Waals surface area contributed by atoms with Gasteiger partial charge in [0.15, 0.2) is 0 Å². The van der Waals surface area contributed by atoms with Gasteiger partial charge in [-0.15, -0.1) is 0 Å². The van der Waals surface area contributed by atoms with Crippen molar-refractivity contribution in [3.63, 3.8) is 0 Å². The fourth-order valence-electron chi connectivity index (χ4n) is 0.817. The summed E-state index contributed by atoms with van der Waals surface area (Å²) in [5.74, 6) is -1.79. The minimum absolute atomic E-state index is 0. The van der Waals surface area contributed by atoms with Crippen molar-refractivity contribution >= 4 is 21.2 Å². The van der Waals surface area contributed by atoms with Crippen LogP contribution in [0, 0.1) is 0 Å². The van der Waals surface area contributed by atoms with Crippen molar-refractivity contribution in [1.82, 2.24) is 4.90 Å². The second-order valence-corrected chi connectivity index (χ2v) is 5.71. The number of nitrogens with zero attached hydrogens (tertiary/aromatic N) is 1. The molecule has 0 N–H and O–H groups in total. The molecule has 0 aliphatic heterocycles. The molecule has 9 nitrogen and oxygen atoms in total. The molecule has 0 amide bonds. The molecule has 0 rings (SSSR count). The van der Waals surface area contributed by atoms with Crippen LogP contribution in [0.3, 0.4) is 0 Å².